The molecule has 0 aromatic heterocycles. The van der Waals surface area contributed by atoms with E-state index in [1.807, 2.05) is 84.9 Å². The van der Waals surface area contributed by atoms with Crippen molar-refractivity contribution in [2.24, 2.45) is 5.41 Å². The molecule has 8 rings (SSSR count). The second kappa shape index (κ2) is 18.7. The number of ether oxygens (including phenoxy) is 6. The summed E-state index contributed by atoms with van der Waals surface area (Å²) in [6.07, 6.45) is -7.17. The number of aliphatic hydroxyl groups is 5. The molecule has 17 nitrogen and oxygen atoms in total. The standard InChI is InChI=1S/C47H56N2O15/c1-45(2,3)61-34(52)21-20-31(25-50)48-44(57)46-23-32-38-39(63-47(62-38,29-12-6-4-7-13-29)30-14-8-5-9-15-30)41(46)64-49(40(46)42(56)59-32)24-28-18-16-27(17-19-28)11-10-22-58-43-37(55)36(54)35(53)33(26-51)60-43/h4-19,31-33,35-41,43,50-51,53-55H,20-26H2,1-3H3,(H,48,57)/t31-,32+,33+,35-,36-,37+,38-,39-,40-,41+,43-,46-/m0/s1. The lowest BCUT2D eigenvalue weighted by Crippen LogP contribution is -2.70. The summed E-state index contributed by atoms with van der Waals surface area (Å²) < 4.78 is 36.6. The summed E-state index contributed by atoms with van der Waals surface area (Å²) >= 11 is 0. The monoisotopic (exact) mass is 888 g/mol. The highest BCUT2D eigenvalue weighted by atomic mass is 16.8. The van der Waals surface area contributed by atoms with Crippen LogP contribution in [-0.4, -0.2) is 141 Å². The Morgan fingerprint density at radius 2 is 1.56 bits per heavy atom. The fraction of sp³-hybridized carbons (Fsp3) is 0.511. The molecule has 1 saturated carbocycles. The minimum absolute atomic E-state index is 0.0235. The molecule has 6 N–H and O–H groups in total. The Labute approximate surface area is 370 Å². The predicted octanol–water partition coefficient (Wildman–Crippen LogP) is 1.60. The van der Waals surface area contributed by atoms with E-state index in [-0.39, 0.29) is 32.4 Å². The van der Waals surface area contributed by atoms with Gasteiger partial charge in [-0.25, -0.2) is 0 Å². The van der Waals surface area contributed by atoms with Crippen LogP contribution in [0.2, 0.25) is 0 Å². The first kappa shape index (κ1) is 45.9. The number of amides is 1. The third kappa shape index (κ3) is 8.87. The highest BCUT2D eigenvalue weighted by molar-refractivity contribution is 5.94. The van der Waals surface area contributed by atoms with E-state index in [1.165, 1.54) is 5.06 Å². The Hall–Kier alpha value is -4.63. The molecular weight excluding hydrogens is 833 g/mol. The van der Waals surface area contributed by atoms with Crippen LogP contribution in [0.5, 0.6) is 0 Å². The Morgan fingerprint density at radius 3 is 2.19 bits per heavy atom. The minimum Gasteiger partial charge on any atom is -0.460 e. The highest BCUT2D eigenvalue weighted by Gasteiger charge is 2.76. The second-order valence-electron chi connectivity index (χ2n) is 17.9. The lowest BCUT2D eigenvalue weighted by atomic mass is 9.62. The van der Waals surface area contributed by atoms with E-state index < -0.39 is 115 Å². The molecule has 12 atom stereocenters. The van der Waals surface area contributed by atoms with Crippen LogP contribution < -0.4 is 5.32 Å². The first-order chi connectivity index (χ1) is 30.7. The van der Waals surface area contributed by atoms with Crippen LogP contribution in [0.4, 0.5) is 0 Å². The van der Waals surface area contributed by atoms with Crippen molar-refractivity contribution in [1.82, 2.24) is 10.4 Å². The van der Waals surface area contributed by atoms with E-state index in [9.17, 15) is 39.9 Å². The summed E-state index contributed by atoms with van der Waals surface area (Å²) in [6, 6.07) is 24.0. The fourth-order valence-corrected chi connectivity index (χ4v) is 9.36. The molecule has 3 aromatic rings. The topological polar surface area (TPSA) is 232 Å². The van der Waals surface area contributed by atoms with Crippen molar-refractivity contribution >= 4 is 23.9 Å². The van der Waals surface area contributed by atoms with E-state index in [0.717, 1.165) is 11.1 Å². The van der Waals surface area contributed by atoms with Gasteiger partial charge in [-0.2, -0.15) is 5.06 Å². The number of hydrogen-bond donors (Lipinski definition) is 6. The molecule has 2 bridgehead atoms. The number of nitrogens with one attached hydrogen (secondary N) is 1. The largest absolute Gasteiger partial charge is 0.460 e. The molecule has 0 spiro atoms. The third-order valence-electron chi connectivity index (χ3n) is 12.4. The van der Waals surface area contributed by atoms with E-state index in [1.54, 1.807) is 32.9 Å². The van der Waals surface area contributed by atoms with Crippen LogP contribution in [0, 0.1) is 5.41 Å². The maximum absolute atomic E-state index is 15.0. The molecule has 4 heterocycles. The Kier molecular flexibility index (Phi) is 13.4. The van der Waals surface area contributed by atoms with Gasteiger partial charge in [0.15, 0.2) is 12.3 Å². The number of hydroxylamine groups is 2. The third-order valence-corrected chi connectivity index (χ3v) is 12.4. The molecular formula is C47H56N2O15. The number of benzene rings is 3. The molecule has 4 aliphatic heterocycles. The zero-order valence-corrected chi connectivity index (χ0v) is 35.8. The lowest BCUT2D eigenvalue weighted by Gasteiger charge is -2.49. The summed E-state index contributed by atoms with van der Waals surface area (Å²) in [4.78, 5) is 48.8. The number of fused-ring (bicyclic) bond motifs is 4. The quantitative estimate of drug-likeness (QED) is 0.119. The maximum atomic E-state index is 15.0. The van der Waals surface area contributed by atoms with Gasteiger partial charge in [0.05, 0.1) is 32.4 Å². The molecule has 5 aliphatic rings. The highest BCUT2D eigenvalue weighted by Crippen LogP contribution is 2.59. The van der Waals surface area contributed by atoms with Crippen molar-refractivity contribution in [3.8, 4) is 0 Å². The number of rotatable bonds is 15. The normalized spacial score (nSPS) is 32.5. The van der Waals surface area contributed by atoms with Gasteiger partial charge in [-0.05, 0) is 38.3 Å². The van der Waals surface area contributed by atoms with E-state index in [2.05, 4.69) is 5.32 Å². The molecule has 0 radical (unpaired) electrons. The first-order valence-corrected chi connectivity index (χ1v) is 21.6. The average Bonchev–Trinajstić information content (AvgIpc) is 3.87. The molecule has 1 amide bonds. The zero-order valence-electron chi connectivity index (χ0n) is 35.8. The summed E-state index contributed by atoms with van der Waals surface area (Å²) in [6.45, 7) is 4.26. The number of carbonyl (C=O) groups is 3. The zero-order chi connectivity index (χ0) is 45.4. The molecule has 64 heavy (non-hydrogen) atoms. The van der Waals surface area contributed by atoms with E-state index >= 15 is 0 Å². The molecule has 3 aromatic carbocycles. The van der Waals surface area contributed by atoms with Gasteiger partial charge in [0.1, 0.15) is 59.8 Å². The van der Waals surface area contributed by atoms with Crippen LogP contribution in [-0.2, 0) is 60.0 Å². The molecule has 344 valence electrons. The minimum atomic E-state index is -1.57. The van der Waals surface area contributed by atoms with Crippen LogP contribution in [0.15, 0.2) is 91.0 Å². The van der Waals surface area contributed by atoms with Gasteiger partial charge >= 0.3 is 11.9 Å². The summed E-state index contributed by atoms with van der Waals surface area (Å²) in [5.74, 6) is -3.16. The number of aliphatic hydroxyl groups excluding tert-OH is 5. The smallest absolute Gasteiger partial charge is 0.327 e. The van der Waals surface area contributed by atoms with Crippen LogP contribution in [0.1, 0.15) is 62.3 Å². The Balaban J connectivity index is 1.05. The van der Waals surface area contributed by atoms with Gasteiger partial charge in [-0.1, -0.05) is 97.1 Å². The number of esters is 2. The number of carbonyl (C=O) groups excluding carboxylic acids is 3. The van der Waals surface area contributed by atoms with Crippen LogP contribution >= 0.6 is 0 Å². The van der Waals surface area contributed by atoms with Gasteiger partial charge in [-0.15, -0.1) is 0 Å². The number of nitrogens with zero attached hydrogens (tertiary/aromatic N) is 1. The van der Waals surface area contributed by atoms with Crippen molar-refractivity contribution in [3.05, 3.63) is 113 Å². The van der Waals surface area contributed by atoms with Gasteiger partial charge in [0, 0.05) is 24.0 Å². The second-order valence-corrected chi connectivity index (χ2v) is 17.9. The van der Waals surface area contributed by atoms with Crippen LogP contribution in [0.3, 0.4) is 0 Å². The maximum Gasteiger partial charge on any atom is 0.327 e. The molecule has 4 saturated heterocycles. The number of hydrogen-bond acceptors (Lipinski definition) is 16. The summed E-state index contributed by atoms with van der Waals surface area (Å²) in [5.41, 5.74) is 0.599. The summed E-state index contributed by atoms with van der Waals surface area (Å²) in [5, 5.41) is 54.7. The van der Waals surface area contributed by atoms with Gasteiger partial charge < -0.3 is 59.3 Å². The first-order valence-electron chi connectivity index (χ1n) is 21.6. The van der Waals surface area contributed by atoms with Crippen molar-refractivity contribution in [3.63, 3.8) is 0 Å². The van der Waals surface area contributed by atoms with Crippen molar-refractivity contribution in [2.45, 2.75) is 125 Å². The predicted molar refractivity (Wildman–Crippen MR) is 224 cm³/mol. The van der Waals surface area contributed by atoms with E-state index in [4.69, 9.17) is 33.3 Å². The summed E-state index contributed by atoms with van der Waals surface area (Å²) in [7, 11) is 0. The van der Waals surface area contributed by atoms with Gasteiger partial charge in [-0.3, -0.25) is 19.2 Å². The average molecular weight is 889 g/mol. The van der Waals surface area contributed by atoms with Gasteiger partial charge in [0.2, 0.25) is 11.7 Å². The van der Waals surface area contributed by atoms with Crippen molar-refractivity contribution in [2.75, 3.05) is 19.8 Å². The van der Waals surface area contributed by atoms with Crippen LogP contribution in [0.25, 0.3) is 6.08 Å². The molecule has 1 aliphatic carbocycles. The van der Waals surface area contributed by atoms with E-state index in [0.29, 0.717) is 11.1 Å². The lowest BCUT2D eigenvalue weighted by molar-refractivity contribution is -0.298. The Bertz CT molecular complexity index is 2090. The SMILES string of the molecule is CC(C)(C)OC(=O)CC[C@@H](CO)NC(=O)[C@@]12C[C@H]3OC(=O)[C@@H]1N(Cc1ccc(C=CCO[C@H]4O[C@H](CO)[C@H](O)[C@H](O)[C@H]4O)cc1)O[C@@H]2[C@H]1OC(c2ccccc2)(c2ccccc2)O[C@H]13. The Morgan fingerprint density at radius 1 is 0.906 bits per heavy atom. The van der Waals surface area contributed by atoms with Gasteiger partial charge in [0.25, 0.3) is 0 Å². The fourth-order valence-electron chi connectivity index (χ4n) is 9.36. The van der Waals surface area contributed by atoms with Crippen molar-refractivity contribution in [1.29, 1.82) is 0 Å². The van der Waals surface area contributed by atoms with Crippen molar-refractivity contribution < 1.29 is 73.2 Å². The molecule has 5 fully saturated rings. The molecule has 17 heteroatoms. The molecule has 0 unspecified atom stereocenters.